The Morgan fingerprint density at radius 3 is 2.27 bits per heavy atom. The molecule has 8 heteroatoms. The number of esters is 1. The smallest absolute Gasteiger partial charge is 0.336 e. The van der Waals surface area contributed by atoms with E-state index in [1.807, 2.05) is 49.4 Å². The molecule has 0 bridgehead atoms. The number of methoxy groups -OCH3 is 1. The number of rotatable bonds is 9. The maximum Gasteiger partial charge on any atom is 0.336 e. The summed E-state index contributed by atoms with van der Waals surface area (Å²) in [6.45, 7) is 1.95. The third kappa shape index (κ3) is 7.75. The average molecular weight is 534 g/mol. The average Bonchev–Trinajstić information content (AvgIpc) is 2.97. The summed E-state index contributed by atoms with van der Waals surface area (Å²) in [5.74, 6) is -0.700. The Morgan fingerprint density at radius 1 is 0.750 bits per heavy atom. The van der Waals surface area contributed by atoms with E-state index in [-0.39, 0.29) is 11.7 Å². The number of hydrazone groups is 1. The van der Waals surface area contributed by atoms with E-state index in [2.05, 4.69) is 15.8 Å². The van der Waals surface area contributed by atoms with Gasteiger partial charge < -0.3 is 14.8 Å². The third-order valence-corrected chi connectivity index (χ3v) is 5.69. The van der Waals surface area contributed by atoms with Crippen LogP contribution in [0.25, 0.3) is 6.08 Å². The Labute approximate surface area is 232 Å². The molecular weight excluding hydrogens is 506 g/mol. The van der Waals surface area contributed by atoms with Gasteiger partial charge in [0.2, 0.25) is 0 Å². The number of hydrogen-bond acceptors (Lipinski definition) is 6. The van der Waals surface area contributed by atoms with Gasteiger partial charge in [-0.15, -0.1) is 0 Å². The van der Waals surface area contributed by atoms with Gasteiger partial charge >= 0.3 is 5.97 Å². The number of carbonyl (C=O) groups excluding carboxylic acids is 3. The highest BCUT2D eigenvalue weighted by atomic mass is 16.6. The maximum atomic E-state index is 12.6. The van der Waals surface area contributed by atoms with E-state index in [0.717, 1.165) is 11.1 Å². The number of anilines is 1. The van der Waals surface area contributed by atoms with E-state index in [9.17, 15) is 14.4 Å². The lowest BCUT2D eigenvalue weighted by Gasteiger charge is -2.09. The summed E-state index contributed by atoms with van der Waals surface area (Å²) >= 11 is 0. The van der Waals surface area contributed by atoms with Crippen molar-refractivity contribution >= 4 is 35.8 Å². The van der Waals surface area contributed by atoms with Crippen LogP contribution in [0.1, 0.15) is 37.4 Å². The zero-order valence-corrected chi connectivity index (χ0v) is 22.0. The van der Waals surface area contributed by atoms with E-state index in [1.54, 1.807) is 60.7 Å². The van der Waals surface area contributed by atoms with Gasteiger partial charge in [-0.3, -0.25) is 9.59 Å². The Bertz CT molecular complexity index is 1560. The first-order chi connectivity index (χ1) is 19.4. The lowest BCUT2D eigenvalue weighted by atomic mass is 10.1. The second kappa shape index (κ2) is 13.3. The normalized spacial score (nSPS) is 10.8. The first-order valence-corrected chi connectivity index (χ1v) is 12.4. The molecule has 0 aliphatic heterocycles. The predicted molar refractivity (Wildman–Crippen MR) is 155 cm³/mol. The molecule has 0 aliphatic rings. The molecular formula is C32H27N3O5. The minimum atomic E-state index is -0.548. The molecule has 0 aromatic heterocycles. The number of benzene rings is 4. The van der Waals surface area contributed by atoms with Crippen molar-refractivity contribution in [3.63, 3.8) is 0 Å². The molecule has 0 radical (unpaired) electrons. The van der Waals surface area contributed by atoms with Crippen LogP contribution in [0.5, 0.6) is 11.5 Å². The molecule has 2 amide bonds. The van der Waals surface area contributed by atoms with Crippen molar-refractivity contribution in [2.75, 3.05) is 12.4 Å². The Kier molecular flexibility index (Phi) is 9.18. The lowest BCUT2D eigenvalue weighted by molar-refractivity contribution is -0.129. The number of ether oxygens (including phenoxy) is 2. The van der Waals surface area contributed by atoms with Crippen molar-refractivity contribution in [3.8, 4) is 11.5 Å². The second-order valence-corrected chi connectivity index (χ2v) is 8.68. The molecule has 4 rings (SSSR count). The van der Waals surface area contributed by atoms with Crippen LogP contribution in [0.4, 0.5) is 5.69 Å². The Hall–Kier alpha value is -5.50. The van der Waals surface area contributed by atoms with E-state index in [1.165, 1.54) is 19.4 Å². The molecule has 8 nitrogen and oxygen atoms in total. The molecule has 0 heterocycles. The monoisotopic (exact) mass is 533 g/mol. The highest BCUT2D eigenvalue weighted by Crippen LogP contribution is 2.28. The molecule has 2 N–H and O–H groups in total. The largest absolute Gasteiger partial charge is 0.493 e. The fraction of sp³-hybridized carbons (Fsp3) is 0.0625. The van der Waals surface area contributed by atoms with Gasteiger partial charge in [-0.25, -0.2) is 10.2 Å². The number of aryl methyl sites for hydroxylation is 1. The zero-order chi connectivity index (χ0) is 28.3. The Balaban J connectivity index is 1.34. The van der Waals surface area contributed by atoms with Gasteiger partial charge in [0.25, 0.3) is 11.8 Å². The topological polar surface area (TPSA) is 106 Å². The fourth-order valence-electron chi connectivity index (χ4n) is 3.60. The van der Waals surface area contributed by atoms with Crippen molar-refractivity contribution in [3.05, 3.63) is 131 Å². The Morgan fingerprint density at radius 2 is 1.52 bits per heavy atom. The summed E-state index contributed by atoms with van der Waals surface area (Å²) in [5, 5.41) is 6.80. The molecule has 0 saturated carbocycles. The number of hydrogen-bond donors (Lipinski definition) is 2. The van der Waals surface area contributed by atoms with Gasteiger partial charge in [0.1, 0.15) is 0 Å². The summed E-state index contributed by atoms with van der Waals surface area (Å²) in [5.41, 5.74) is 6.32. The molecule has 4 aromatic carbocycles. The number of nitrogens with one attached hydrogen (secondary N) is 2. The molecule has 0 fully saturated rings. The van der Waals surface area contributed by atoms with Crippen molar-refractivity contribution in [1.29, 1.82) is 0 Å². The van der Waals surface area contributed by atoms with Crippen LogP contribution in [-0.2, 0) is 4.79 Å². The number of carbonyl (C=O) groups is 3. The molecule has 4 aromatic rings. The summed E-state index contributed by atoms with van der Waals surface area (Å²) in [6, 6.07) is 28.0. The molecule has 0 aliphatic carbocycles. The van der Waals surface area contributed by atoms with E-state index < -0.39 is 11.9 Å². The third-order valence-electron chi connectivity index (χ3n) is 5.69. The van der Waals surface area contributed by atoms with Crippen LogP contribution in [0.3, 0.4) is 0 Å². The summed E-state index contributed by atoms with van der Waals surface area (Å²) < 4.78 is 10.7. The SMILES string of the molecule is COc1cc(C=NNC(=O)c2cccc(NC(=O)c3ccc(C)cc3)c2)ccc1OC(=O)/C=C/c1ccccc1. The first kappa shape index (κ1) is 27.5. The van der Waals surface area contributed by atoms with Gasteiger partial charge in [0, 0.05) is 22.9 Å². The van der Waals surface area contributed by atoms with Crippen LogP contribution in [0.15, 0.2) is 108 Å². The van der Waals surface area contributed by atoms with Crippen molar-refractivity contribution in [2.45, 2.75) is 6.92 Å². The standard InChI is InChI=1S/C32H27N3O5/c1-22-11-15-25(16-12-22)31(37)34-27-10-6-9-26(20-27)32(38)35-33-21-24-13-17-28(29(19-24)39-2)40-30(36)18-14-23-7-4-3-5-8-23/h3-21H,1-2H3,(H,34,37)(H,35,38)/b18-14+,33-21?. The van der Waals surface area contributed by atoms with Gasteiger partial charge in [0.05, 0.1) is 13.3 Å². The minimum Gasteiger partial charge on any atom is -0.493 e. The fourth-order valence-corrected chi connectivity index (χ4v) is 3.60. The number of nitrogens with zero attached hydrogens (tertiary/aromatic N) is 1. The van der Waals surface area contributed by atoms with E-state index >= 15 is 0 Å². The zero-order valence-electron chi connectivity index (χ0n) is 22.0. The predicted octanol–water partition coefficient (Wildman–Crippen LogP) is 5.64. The van der Waals surface area contributed by atoms with Crippen LogP contribution in [0.2, 0.25) is 0 Å². The molecule has 200 valence electrons. The second-order valence-electron chi connectivity index (χ2n) is 8.68. The summed E-state index contributed by atoms with van der Waals surface area (Å²) in [7, 11) is 1.46. The van der Waals surface area contributed by atoms with E-state index in [0.29, 0.717) is 28.1 Å². The summed E-state index contributed by atoms with van der Waals surface area (Å²) in [6.07, 6.45) is 4.43. The minimum absolute atomic E-state index is 0.246. The highest BCUT2D eigenvalue weighted by Gasteiger charge is 2.11. The van der Waals surface area contributed by atoms with Crippen LogP contribution in [-0.4, -0.2) is 31.1 Å². The van der Waals surface area contributed by atoms with Crippen LogP contribution >= 0.6 is 0 Å². The summed E-state index contributed by atoms with van der Waals surface area (Å²) in [4.78, 5) is 37.3. The number of amides is 2. The maximum absolute atomic E-state index is 12.6. The van der Waals surface area contributed by atoms with Gasteiger partial charge in [-0.2, -0.15) is 5.10 Å². The first-order valence-electron chi connectivity index (χ1n) is 12.4. The van der Waals surface area contributed by atoms with Crippen molar-refractivity contribution in [2.24, 2.45) is 5.10 Å². The van der Waals surface area contributed by atoms with Crippen LogP contribution < -0.4 is 20.2 Å². The lowest BCUT2D eigenvalue weighted by Crippen LogP contribution is -2.18. The molecule has 40 heavy (non-hydrogen) atoms. The van der Waals surface area contributed by atoms with Crippen LogP contribution in [0, 0.1) is 6.92 Å². The quantitative estimate of drug-likeness (QED) is 0.0953. The molecule has 0 saturated heterocycles. The van der Waals surface area contributed by atoms with Gasteiger partial charge in [0.15, 0.2) is 11.5 Å². The van der Waals surface area contributed by atoms with Gasteiger partial charge in [-0.05, 0) is 72.7 Å². The van der Waals surface area contributed by atoms with Crippen molar-refractivity contribution < 1.29 is 23.9 Å². The molecule has 0 unspecified atom stereocenters. The van der Waals surface area contributed by atoms with Gasteiger partial charge in [-0.1, -0.05) is 54.1 Å². The van der Waals surface area contributed by atoms with E-state index in [4.69, 9.17) is 9.47 Å². The molecule has 0 spiro atoms. The van der Waals surface area contributed by atoms with Crippen molar-refractivity contribution in [1.82, 2.24) is 5.43 Å². The molecule has 0 atom stereocenters. The highest BCUT2D eigenvalue weighted by molar-refractivity contribution is 6.05.